The van der Waals surface area contributed by atoms with Crippen molar-refractivity contribution in [2.24, 2.45) is 17.3 Å². The quantitative estimate of drug-likeness (QED) is 0.639. The fourth-order valence-electron chi connectivity index (χ4n) is 2.66. The summed E-state index contributed by atoms with van der Waals surface area (Å²) in [5.74, 6) is 1.55. The van der Waals surface area contributed by atoms with Crippen LogP contribution in [0.15, 0.2) is 12.7 Å². The number of hydrogen-bond acceptors (Lipinski definition) is 1. The molecule has 88 valence electrons. The zero-order valence-corrected chi connectivity index (χ0v) is 10.8. The fourth-order valence-corrected chi connectivity index (χ4v) is 2.66. The van der Waals surface area contributed by atoms with E-state index in [4.69, 9.17) is 4.74 Å². The Morgan fingerprint density at radius 3 is 2.53 bits per heavy atom. The average Bonchev–Trinajstić information content (AvgIpc) is 2.14. The first-order valence-corrected chi connectivity index (χ1v) is 6.17. The van der Waals surface area contributed by atoms with Gasteiger partial charge in [0.05, 0.1) is 12.7 Å². The topological polar surface area (TPSA) is 9.23 Å². The minimum atomic E-state index is 0.362. The molecule has 1 aliphatic rings. The first-order valence-electron chi connectivity index (χ1n) is 6.17. The molecule has 15 heavy (non-hydrogen) atoms. The van der Waals surface area contributed by atoms with Gasteiger partial charge in [-0.25, -0.2) is 0 Å². The van der Waals surface area contributed by atoms with Crippen LogP contribution in [0.1, 0.15) is 47.0 Å². The van der Waals surface area contributed by atoms with Crippen LogP contribution < -0.4 is 0 Å². The molecule has 0 N–H and O–H groups in total. The molecule has 1 fully saturated rings. The zero-order valence-electron chi connectivity index (χ0n) is 10.8. The van der Waals surface area contributed by atoms with Gasteiger partial charge in [-0.05, 0) is 36.5 Å². The minimum absolute atomic E-state index is 0.362. The molecule has 0 saturated heterocycles. The van der Waals surface area contributed by atoms with Crippen LogP contribution in [0.25, 0.3) is 0 Å². The van der Waals surface area contributed by atoms with E-state index in [9.17, 15) is 0 Å². The monoisotopic (exact) mass is 210 g/mol. The van der Waals surface area contributed by atoms with Crippen LogP contribution >= 0.6 is 0 Å². The van der Waals surface area contributed by atoms with Crippen LogP contribution in [0.2, 0.25) is 0 Å². The Hall–Kier alpha value is -0.300. The van der Waals surface area contributed by atoms with E-state index in [2.05, 4.69) is 34.3 Å². The summed E-state index contributed by atoms with van der Waals surface area (Å²) in [6, 6.07) is 0. The normalized spacial score (nSPS) is 32.7. The van der Waals surface area contributed by atoms with Gasteiger partial charge in [0, 0.05) is 0 Å². The Morgan fingerprint density at radius 2 is 2.00 bits per heavy atom. The van der Waals surface area contributed by atoms with Crippen molar-refractivity contribution in [3.63, 3.8) is 0 Å². The van der Waals surface area contributed by atoms with Crippen molar-refractivity contribution in [1.82, 2.24) is 0 Å². The lowest BCUT2D eigenvalue weighted by Gasteiger charge is -2.42. The Balaban J connectivity index is 2.62. The van der Waals surface area contributed by atoms with Gasteiger partial charge in [0.15, 0.2) is 0 Å². The van der Waals surface area contributed by atoms with Crippen molar-refractivity contribution in [2.75, 3.05) is 6.61 Å². The average molecular weight is 210 g/mol. The lowest BCUT2D eigenvalue weighted by Crippen LogP contribution is -2.39. The summed E-state index contributed by atoms with van der Waals surface area (Å²) in [5.41, 5.74) is 0.362. The van der Waals surface area contributed by atoms with Gasteiger partial charge in [-0.2, -0.15) is 0 Å². The Bertz CT molecular complexity index is 202. The summed E-state index contributed by atoms with van der Waals surface area (Å²) in [7, 11) is 0. The number of ether oxygens (including phenoxy) is 1. The molecule has 1 heteroatoms. The second-order valence-electron chi connectivity index (χ2n) is 6.05. The van der Waals surface area contributed by atoms with Crippen molar-refractivity contribution < 1.29 is 4.74 Å². The predicted molar refractivity (Wildman–Crippen MR) is 65.9 cm³/mol. The molecule has 0 aromatic carbocycles. The van der Waals surface area contributed by atoms with Crippen LogP contribution in [0.5, 0.6) is 0 Å². The second-order valence-corrected chi connectivity index (χ2v) is 6.05. The molecule has 1 nitrogen and oxygen atoms in total. The molecule has 0 aliphatic heterocycles. The lowest BCUT2D eigenvalue weighted by molar-refractivity contribution is -0.0479. The van der Waals surface area contributed by atoms with Gasteiger partial charge >= 0.3 is 0 Å². The highest BCUT2D eigenvalue weighted by molar-refractivity contribution is 4.87. The molecule has 1 aliphatic carbocycles. The van der Waals surface area contributed by atoms with E-state index in [0.717, 1.165) is 5.92 Å². The first kappa shape index (κ1) is 12.8. The number of rotatable bonds is 3. The van der Waals surface area contributed by atoms with Crippen LogP contribution in [0.4, 0.5) is 0 Å². The van der Waals surface area contributed by atoms with Crippen LogP contribution in [0, 0.1) is 17.3 Å². The summed E-state index contributed by atoms with van der Waals surface area (Å²) >= 11 is 0. The maximum atomic E-state index is 5.90. The van der Waals surface area contributed by atoms with E-state index in [1.54, 1.807) is 0 Å². The molecule has 1 saturated carbocycles. The van der Waals surface area contributed by atoms with E-state index >= 15 is 0 Å². The van der Waals surface area contributed by atoms with Gasteiger partial charge in [0.1, 0.15) is 0 Å². The zero-order chi connectivity index (χ0) is 11.5. The molecule has 0 radical (unpaired) electrons. The third kappa shape index (κ3) is 3.64. The summed E-state index contributed by atoms with van der Waals surface area (Å²) in [6.45, 7) is 13.8. The smallest absolute Gasteiger partial charge is 0.0648 e. The van der Waals surface area contributed by atoms with Gasteiger partial charge in [0.25, 0.3) is 0 Å². The first-order chi connectivity index (χ1) is 6.95. The van der Waals surface area contributed by atoms with Crippen molar-refractivity contribution in [1.29, 1.82) is 0 Å². The van der Waals surface area contributed by atoms with E-state index in [-0.39, 0.29) is 0 Å². The standard InChI is InChI=1S/C14H26O/c1-6-9-15-13-8-7-11(2)10-12(13)14(3,4)5/h6,11-13H,1,7-10H2,2-5H3. The maximum absolute atomic E-state index is 5.90. The van der Waals surface area contributed by atoms with E-state index in [0.29, 0.717) is 24.0 Å². The van der Waals surface area contributed by atoms with Gasteiger partial charge in [-0.1, -0.05) is 33.8 Å². The number of hydrogen-bond donors (Lipinski definition) is 0. The lowest BCUT2D eigenvalue weighted by atomic mass is 9.68. The van der Waals surface area contributed by atoms with Gasteiger partial charge < -0.3 is 4.74 Å². The van der Waals surface area contributed by atoms with Crippen LogP contribution in [-0.2, 0) is 4.74 Å². The third-order valence-electron chi connectivity index (χ3n) is 3.59. The summed E-state index contributed by atoms with van der Waals surface area (Å²) in [6.07, 6.45) is 6.15. The van der Waals surface area contributed by atoms with E-state index in [1.165, 1.54) is 19.3 Å². The highest BCUT2D eigenvalue weighted by atomic mass is 16.5. The van der Waals surface area contributed by atoms with Crippen molar-refractivity contribution >= 4 is 0 Å². The van der Waals surface area contributed by atoms with Crippen molar-refractivity contribution in [2.45, 2.75) is 53.1 Å². The van der Waals surface area contributed by atoms with Crippen LogP contribution in [0.3, 0.4) is 0 Å². The Labute approximate surface area is 94.9 Å². The van der Waals surface area contributed by atoms with Crippen molar-refractivity contribution in [3.05, 3.63) is 12.7 Å². The molecular weight excluding hydrogens is 184 g/mol. The van der Waals surface area contributed by atoms with E-state index in [1.807, 2.05) is 6.08 Å². The van der Waals surface area contributed by atoms with Gasteiger partial charge in [-0.3, -0.25) is 0 Å². The molecule has 0 spiro atoms. The molecule has 0 heterocycles. The predicted octanol–water partition coefficient (Wildman–Crippen LogP) is 4.04. The molecule has 0 aromatic heterocycles. The second kappa shape index (κ2) is 5.16. The fraction of sp³-hybridized carbons (Fsp3) is 0.857. The minimum Gasteiger partial charge on any atom is -0.374 e. The van der Waals surface area contributed by atoms with Gasteiger partial charge in [0.2, 0.25) is 0 Å². The maximum Gasteiger partial charge on any atom is 0.0648 e. The summed E-state index contributed by atoms with van der Waals surface area (Å²) < 4.78 is 5.90. The molecular formula is C14H26O. The van der Waals surface area contributed by atoms with Gasteiger partial charge in [-0.15, -0.1) is 6.58 Å². The highest BCUT2D eigenvalue weighted by Gasteiger charge is 2.36. The largest absolute Gasteiger partial charge is 0.374 e. The molecule has 3 unspecified atom stereocenters. The highest BCUT2D eigenvalue weighted by Crippen LogP contribution is 2.41. The van der Waals surface area contributed by atoms with E-state index < -0.39 is 0 Å². The summed E-state index contributed by atoms with van der Waals surface area (Å²) in [4.78, 5) is 0. The molecule has 0 bridgehead atoms. The Morgan fingerprint density at radius 1 is 1.33 bits per heavy atom. The Kier molecular flexibility index (Phi) is 4.39. The third-order valence-corrected chi connectivity index (χ3v) is 3.59. The molecule has 0 amide bonds. The summed E-state index contributed by atoms with van der Waals surface area (Å²) in [5, 5.41) is 0. The molecule has 1 rings (SSSR count). The molecule has 0 aromatic rings. The SMILES string of the molecule is C=CCOC1CCC(C)CC1C(C)(C)C. The molecule has 3 atom stereocenters. The van der Waals surface area contributed by atoms with Crippen LogP contribution in [-0.4, -0.2) is 12.7 Å². The van der Waals surface area contributed by atoms with Crippen molar-refractivity contribution in [3.8, 4) is 0 Å².